The van der Waals surface area contributed by atoms with Crippen LogP contribution < -0.4 is 0 Å². The van der Waals surface area contributed by atoms with Crippen LogP contribution in [0.3, 0.4) is 0 Å². The molecule has 0 atom stereocenters. The first kappa shape index (κ1) is 18.6. The molecule has 0 unspecified atom stereocenters. The van der Waals surface area contributed by atoms with Crippen LogP contribution in [-0.2, 0) is 6.18 Å². The van der Waals surface area contributed by atoms with Crippen LogP contribution in [0.15, 0.2) is 52.9 Å². The molecule has 0 saturated carbocycles. The van der Waals surface area contributed by atoms with Crippen molar-refractivity contribution in [3.8, 4) is 11.5 Å². The molecular formula is C17H9ClF3N3O3. The van der Waals surface area contributed by atoms with Gasteiger partial charge in [0.15, 0.2) is 0 Å². The summed E-state index contributed by atoms with van der Waals surface area (Å²) in [5.41, 5.74) is -0.176. The lowest BCUT2D eigenvalue weighted by molar-refractivity contribution is -0.384. The zero-order chi connectivity index (χ0) is 19.6. The molecule has 0 N–H and O–H groups in total. The fourth-order valence-corrected chi connectivity index (χ4v) is 2.37. The molecule has 1 aromatic heterocycles. The number of rotatable bonds is 4. The van der Waals surface area contributed by atoms with E-state index in [1.807, 2.05) is 0 Å². The highest BCUT2D eigenvalue weighted by Crippen LogP contribution is 2.30. The summed E-state index contributed by atoms with van der Waals surface area (Å²) in [7, 11) is 0. The molecular weight excluding hydrogens is 387 g/mol. The van der Waals surface area contributed by atoms with Crippen molar-refractivity contribution < 1.29 is 22.5 Å². The van der Waals surface area contributed by atoms with E-state index in [1.54, 1.807) is 6.07 Å². The van der Waals surface area contributed by atoms with Crippen molar-refractivity contribution in [3.63, 3.8) is 0 Å². The molecule has 0 bridgehead atoms. The zero-order valence-corrected chi connectivity index (χ0v) is 14.0. The molecule has 3 aromatic rings. The molecule has 0 radical (unpaired) electrons. The minimum absolute atomic E-state index is 0.0129. The molecule has 1 heterocycles. The highest BCUT2D eigenvalue weighted by Gasteiger charge is 2.29. The first-order chi connectivity index (χ1) is 12.7. The molecule has 2 aromatic carbocycles. The molecule has 138 valence electrons. The van der Waals surface area contributed by atoms with Gasteiger partial charge in [0.1, 0.15) is 5.03 Å². The molecule has 27 heavy (non-hydrogen) atoms. The van der Waals surface area contributed by atoms with Gasteiger partial charge in [0.25, 0.3) is 11.6 Å². The first-order valence-electron chi connectivity index (χ1n) is 7.37. The Kier molecular flexibility index (Phi) is 4.95. The third-order valence-electron chi connectivity index (χ3n) is 3.46. The molecule has 3 rings (SSSR count). The summed E-state index contributed by atoms with van der Waals surface area (Å²) >= 11 is 6.09. The molecule has 0 aliphatic heterocycles. The third-order valence-corrected chi connectivity index (χ3v) is 3.74. The van der Waals surface area contributed by atoms with Gasteiger partial charge in [-0.25, -0.2) is 0 Å². The second-order valence-electron chi connectivity index (χ2n) is 5.33. The van der Waals surface area contributed by atoms with Crippen LogP contribution in [0.2, 0.25) is 0 Å². The van der Waals surface area contributed by atoms with Crippen LogP contribution in [0.5, 0.6) is 0 Å². The van der Waals surface area contributed by atoms with Crippen LogP contribution in [0.4, 0.5) is 18.9 Å². The van der Waals surface area contributed by atoms with Gasteiger partial charge in [-0.05, 0) is 29.8 Å². The van der Waals surface area contributed by atoms with Gasteiger partial charge >= 0.3 is 6.18 Å². The van der Waals surface area contributed by atoms with Gasteiger partial charge in [-0.1, -0.05) is 29.8 Å². The summed E-state index contributed by atoms with van der Waals surface area (Å²) in [5, 5.41) is 18.4. The fraction of sp³-hybridized carbons (Fsp3) is 0.0588. The topological polar surface area (TPSA) is 82.1 Å². The van der Waals surface area contributed by atoms with Crippen LogP contribution in [0.1, 0.15) is 17.0 Å². The summed E-state index contributed by atoms with van der Waals surface area (Å²) in [6, 6.07) is 9.97. The normalized spacial score (nSPS) is 12.2. The third kappa shape index (κ3) is 4.32. The quantitative estimate of drug-likeness (QED) is 0.436. The Morgan fingerprint density at radius 1 is 1.15 bits per heavy atom. The lowest BCUT2D eigenvalue weighted by Crippen LogP contribution is -2.03. The molecule has 0 aliphatic carbocycles. The van der Waals surface area contributed by atoms with E-state index >= 15 is 0 Å². The first-order valence-corrected chi connectivity index (χ1v) is 7.75. The van der Waals surface area contributed by atoms with E-state index in [2.05, 4.69) is 10.2 Å². The number of non-ortho nitro benzene ring substituents is 1. The number of benzene rings is 2. The van der Waals surface area contributed by atoms with Gasteiger partial charge in [0.2, 0.25) is 5.89 Å². The Bertz CT molecular complexity index is 1010. The molecule has 6 nitrogen and oxygen atoms in total. The van der Waals surface area contributed by atoms with E-state index in [4.69, 9.17) is 16.0 Å². The summed E-state index contributed by atoms with van der Waals surface area (Å²) in [5.74, 6) is -0.0502. The van der Waals surface area contributed by atoms with Crippen molar-refractivity contribution in [2.75, 3.05) is 0 Å². The smallest absolute Gasteiger partial charge is 0.415 e. The zero-order valence-electron chi connectivity index (χ0n) is 13.3. The van der Waals surface area contributed by atoms with Crippen molar-refractivity contribution in [2.24, 2.45) is 0 Å². The van der Waals surface area contributed by atoms with Gasteiger partial charge in [0.05, 0.1) is 10.5 Å². The van der Waals surface area contributed by atoms with Crippen LogP contribution in [0.25, 0.3) is 22.6 Å². The molecule has 0 saturated heterocycles. The minimum atomic E-state index is -4.42. The number of nitro groups is 1. The van der Waals surface area contributed by atoms with Crippen LogP contribution in [-0.4, -0.2) is 15.1 Å². The van der Waals surface area contributed by atoms with Crippen molar-refractivity contribution >= 4 is 28.4 Å². The van der Waals surface area contributed by atoms with Gasteiger partial charge in [-0.2, -0.15) is 13.2 Å². The van der Waals surface area contributed by atoms with Gasteiger partial charge in [-0.15, -0.1) is 10.2 Å². The number of hydrogen-bond acceptors (Lipinski definition) is 5. The van der Waals surface area contributed by atoms with E-state index in [-0.39, 0.29) is 22.5 Å². The molecule has 0 amide bonds. The number of hydrogen-bond donors (Lipinski definition) is 0. The lowest BCUT2D eigenvalue weighted by atomic mass is 10.1. The maximum atomic E-state index is 12.6. The number of halogens is 4. The predicted octanol–water partition coefficient (Wildman–Crippen LogP) is 5.40. The SMILES string of the molecule is O=[N+]([O-])c1cccc(-c2nnc(/C(Cl)=C/c3ccc(C(F)(F)F)cc3)o2)c1. The Balaban J connectivity index is 1.84. The Labute approximate surface area is 155 Å². The molecule has 0 spiro atoms. The summed E-state index contributed by atoms with van der Waals surface area (Å²) in [6.45, 7) is 0. The Morgan fingerprint density at radius 3 is 2.48 bits per heavy atom. The van der Waals surface area contributed by atoms with E-state index < -0.39 is 16.7 Å². The second kappa shape index (κ2) is 7.20. The highest BCUT2D eigenvalue weighted by molar-refractivity contribution is 6.50. The average molecular weight is 396 g/mol. The van der Waals surface area contributed by atoms with Crippen molar-refractivity contribution in [2.45, 2.75) is 6.18 Å². The Morgan fingerprint density at radius 2 is 1.85 bits per heavy atom. The van der Waals surface area contributed by atoms with Gasteiger partial charge in [0, 0.05) is 17.7 Å². The summed E-state index contributed by atoms with van der Waals surface area (Å²) in [4.78, 5) is 10.3. The molecule has 0 aliphatic rings. The van der Waals surface area contributed by atoms with E-state index in [0.29, 0.717) is 11.1 Å². The largest absolute Gasteiger partial charge is 0.416 e. The van der Waals surface area contributed by atoms with E-state index in [0.717, 1.165) is 12.1 Å². The number of aromatic nitrogens is 2. The number of alkyl halides is 3. The van der Waals surface area contributed by atoms with Crippen LogP contribution >= 0.6 is 11.6 Å². The van der Waals surface area contributed by atoms with E-state index in [9.17, 15) is 23.3 Å². The average Bonchev–Trinajstić information content (AvgIpc) is 3.12. The van der Waals surface area contributed by atoms with Crippen molar-refractivity contribution in [1.29, 1.82) is 0 Å². The predicted molar refractivity (Wildman–Crippen MR) is 91.6 cm³/mol. The second-order valence-corrected chi connectivity index (χ2v) is 5.74. The highest BCUT2D eigenvalue weighted by atomic mass is 35.5. The number of nitro benzene ring substituents is 1. The summed E-state index contributed by atoms with van der Waals surface area (Å²) < 4.78 is 43.1. The number of nitrogens with zero attached hydrogens (tertiary/aromatic N) is 3. The van der Waals surface area contributed by atoms with Gasteiger partial charge < -0.3 is 4.42 Å². The maximum Gasteiger partial charge on any atom is 0.416 e. The van der Waals surface area contributed by atoms with E-state index in [1.165, 1.54) is 36.4 Å². The maximum absolute atomic E-state index is 12.6. The lowest BCUT2D eigenvalue weighted by Gasteiger charge is -2.05. The van der Waals surface area contributed by atoms with Gasteiger partial charge in [-0.3, -0.25) is 10.1 Å². The standard InChI is InChI=1S/C17H9ClF3N3O3/c18-14(8-10-4-6-12(7-5-10)17(19,20)21)16-23-22-15(27-16)11-2-1-3-13(9-11)24(25)26/h1-9H/b14-8-. The monoisotopic (exact) mass is 395 g/mol. The molecule has 10 heteroatoms. The summed E-state index contributed by atoms with van der Waals surface area (Å²) in [6.07, 6.45) is -3.06. The van der Waals surface area contributed by atoms with Crippen LogP contribution in [0, 0.1) is 10.1 Å². The minimum Gasteiger partial charge on any atom is -0.415 e. The molecule has 0 fully saturated rings. The van der Waals surface area contributed by atoms with Crippen molar-refractivity contribution in [1.82, 2.24) is 10.2 Å². The Hall–Kier alpha value is -3.20. The van der Waals surface area contributed by atoms with Crippen molar-refractivity contribution in [3.05, 3.63) is 75.7 Å². The fourth-order valence-electron chi connectivity index (χ4n) is 2.17.